The van der Waals surface area contributed by atoms with Crippen LogP contribution in [0.3, 0.4) is 0 Å². The molecule has 2 aliphatic rings. The molecule has 0 radical (unpaired) electrons. The molecule has 3 rings (SSSR count). The van der Waals surface area contributed by atoms with E-state index >= 15 is 0 Å². The van der Waals surface area contributed by atoms with Gasteiger partial charge in [-0.3, -0.25) is 9.59 Å². The van der Waals surface area contributed by atoms with Crippen LogP contribution in [0.5, 0.6) is 5.75 Å². The van der Waals surface area contributed by atoms with Gasteiger partial charge in [0.15, 0.2) is 0 Å². The van der Waals surface area contributed by atoms with E-state index in [-0.39, 0.29) is 11.6 Å². The highest BCUT2D eigenvalue weighted by Gasteiger charge is 2.44. The first-order valence-corrected chi connectivity index (χ1v) is 8.40. The fourth-order valence-corrected chi connectivity index (χ4v) is 3.87. The van der Waals surface area contributed by atoms with Crippen LogP contribution in [0.2, 0.25) is 0 Å². The first-order valence-electron chi connectivity index (χ1n) is 8.40. The van der Waals surface area contributed by atoms with Crippen molar-refractivity contribution in [3.63, 3.8) is 0 Å². The zero-order valence-electron chi connectivity index (χ0n) is 14.2. The van der Waals surface area contributed by atoms with Gasteiger partial charge in [-0.25, -0.2) is 0 Å². The lowest BCUT2D eigenvalue weighted by atomic mass is 9.79. The average Bonchev–Trinajstić information content (AvgIpc) is 2.81. The van der Waals surface area contributed by atoms with Crippen LogP contribution in [0, 0.1) is 12.3 Å². The number of carbonyl (C=O) groups excluding carboxylic acids is 2. The molecular weight excluding hydrogens is 288 g/mol. The summed E-state index contributed by atoms with van der Waals surface area (Å²) in [5.74, 6) is 1.13. The number of hydrogen-bond acceptors (Lipinski definition) is 3. The van der Waals surface area contributed by atoms with E-state index in [1.807, 2.05) is 13.0 Å². The maximum atomic E-state index is 12.1. The molecule has 0 heterocycles. The molecule has 23 heavy (non-hydrogen) atoms. The zero-order chi connectivity index (χ0) is 16.6. The summed E-state index contributed by atoms with van der Waals surface area (Å²) >= 11 is 0. The Kier molecular flexibility index (Phi) is 4.13. The van der Waals surface area contributed by atoms with Gasteiger partial charge in [0.05, 0.1) is 12.5 Å². The van der Waals surface area contributed by atoms with Crippen molar-refractivity contribution in [1.82, 2.24) is 0 Å². The van der Waals surface area contributed by atoms with Crippen LogP contribution in [0.1, 0.15) is 55.7 Å². The van der Waals surface area contributed by atoms with Crippen molar-refractivity contribution in [2.75, 3.05) is 7.11 Å². The predicted molar refractivity (Wildman–Crippen MR) is 90.6 cm³/mol. The Labute approximate surface area is 137 Å². The number of allylic oxidation sites excluding steroid dienone is 2. The van der Waals surface area contributed by atoms with Gasteiger partial charge in [0.1, 0.15) is 17.3 Å². The number of rotatable bonds is 3. The second-order valence-electron chi connectivity index (χ2n) is 6.88. The van der Waals surface area contributed by atoms with Crippen LogP contribution in [-0.4, -0.2) is 18.7 Å². The van der Waals surface area contributed by atoms with Gasteiger partial charge in [-0.05, 0) is 67.9 Å². The van der Waals surface area contributed by atoms with Gasteiger partial charge in [-0.2, -0.15) is 0 Å². The van der Waals surface area contributed by atoms with Gasteiger partial charge < -0.3 is 4.74 Å². The fourth-order valence-electron chi connectivity index (χ4n) is 3.87. The first kappa shape index (κ1) is 16.0. The number of ether oxygens (including phenoxy) is 1. The fraction of sp³-hybridized carbons (Fsp3) is 0.500. The van der Waals surface area contributed by atoms with E-state index < -0.39 is 5.41 Å². The van der Waals surface area contributed by atoms with Crippen LogP contribution in [0.15, 0.2) is 18.2 Å². The SMILES string of the molecule is COc1ccc2c(c1C)CCC/C2=C/CC1(C)C(=O)CCC1=O. The summed E-state index contributed by atoms with van der Waals surface area (Å²) in [6, 6.07) is 4.13. The molecule has 3 heteroatoms. The molecule has 0 saturated heterocycles. The maximum Gasteiger partial charge on any atom is 0.146 e. The number of ketones is 2. The van der Waals surface area contributed by atoms with Gasteiger partial charge >= 0.3 is 0 Å². The highest BCUT2D eigenvalue weighted by atomic mass is 16.5. The molecule has 0 aromatic heterocycles. The van der Waals surface area contributed by atoms with E-state index in [2.05, 4.69) is 19.1 Å². The third-order valence-corrected chi connectivity index (χ3v) is 5.55. The molecule has 0 N–H and O–H groups in total. The summed E-state index contributed by atoms with van der Waals surface area (Å²) in [6.07, 6.45) is 6.65. The largest absolute Gasteiger partial charge is 0.496 e. The molecule has 0 spiro atoms. The smallest absolute Gasteiger partial charge is 0.146 e. The Morgan fingerprint density at radius 3 is 2.48 bits per heavy atom. The summed E-state index contributed by atoms with van der Waals surface area (Å²) in [5.41, 5.74) is 4.28. The molecule has 0 aliphatic heterocycles. The van der Waals surface area contributed by atoms with Crippen LogP contribution >= 0.6 is 0 Å². The van der Waals surface area contributed by atoms with E-state index in [0.717, 1.165) is 25.0 Å². The minimum absolute atomic E-state index is 0.0984. The van der Waals surface area contributed by atoms with Crippen molar-refractivity contribution in [2.24, 2.45) is 5.41 Å². The predicted octanol–water partition coefficient (Wildman–Crippen LogP) is 4.05. The third-order valence-electron chi connectivity index (χ3n) is 5.55. The second-order valence-corrected chi connectivity index (χ2v) is 6.88. The highest BCUT2D eigenvalue weighted by Crippen LogP contribution is 2.39. The van der Waals surface area contributed by atoms with E-state index in [1.165, 1.54) is 22.3 Å². The number of methoxy groups -OCH3 is 1. The maximum absolute atomic E-state index is 12.1. The van der Waals surface area contributed by atoms with E-state index in [0.29, 0.717) is 19.3 Å². The Hall–Kier alpha value is -1.90. The molecule has 0 bridgehead atoms. The molecule has 1 saturated carbocycles. The van der Waals surface area contributed by atoms with Gasteiger partial charge in [-0.15, -0.1) is 0 Å². The van der Waals surface area contributed by atoms with E-state index in [9.17, 15) is 9.59 Å². The van der Waals surface area contributed by atoms with Crippen molar-refractivity contribution in [3.8, 4) is 5.75 Å². The summed E-state index contributed by atoms with van der Waals surface area (Å²) in [5, 5.41) is 0. The minimum atomic E-state index is -0.799. The Morgan fingerprint density at radius 2 is 1.83 bits per heavy atom. The van der Waals surface area contributed by atoms with Crippen LogP contribution in [-0.2, 0) is 16.0 Å². The molecule has 1 aromatic carbocycles. The van der Waals surface area contributed by atoms with Crippen molar-refractivity contribution >= 4 is 17.1 Å². The lowest BCUT2D eigenvalue weighted by Crippen LogP contribution is -2.28. The molecule has 1 aromatic rings. The molecule has 0 amide bonds. The summed E-state index contributed by atoms with van der Waals surface area (Å²) < 4.78 is 5.42. The molecule has 0 unspecified atom stereocenters. The summed E-state index contributed by atoms with van der Waals surface area (Å²) in [6.45, 7) is 3.91. The Balaban J connectivity index is 1.93. The standard InChI is InChI=1S/C20H24O3/c1-13-15-6-4-5-14(16(15)7-8-17(13)23-3)11-12-20(2)18(21)9-10-19(20)22/h7-8,11H,4-6,9-10,12H2,1-3H3/b14-11-. The van der Waals surface area contributed by atoms with Gasteiger partial charge in [0.25, 0.3) is 0 Å². The number of benzene rings is 1. The van der Waals surface area contributed by atoms with E-state index in [4.69, 9.17) is 4.74 Å². The third kappa shape index (κ3) is 2.62. The van der Waals surface area contributed by atoms with Crippen molar-refractivity contribution in [2.45, 2.75) is 52.4 Å². The van der Waals surface area contributed by atoms with Crippen molar-refractivity contribution in [1.29, 1.82) is 0 Å². The summed E-state index contributed by atoms with van der Waals surface area (Å²) in [4.78, 5) is 24.2. The Bertz CT molecular complexity index is 681. The number of carbonyl (C=O) groups is 2. The number of hydrogen-bond donors (Lipinski definition) is 0. The normalized spacial score (nSPS) is 21.6. The van der Waals surface area contributed by atoms with Crippen molar-refractivity contribution in [3.05, 3.63) is 34.9 Å². The van der Waals surface area contributed by atoms with Gasteiger partial charge in [-0.1, -0.05) is 12.1 Å². The summed E-state index contributed by atoms with van der Waals surface area (Å²) in [7, 11) is 1.70. The topological polar surface area (TPSA) is 43.4 Å². The van der Waals surface area contributed by atoms with Gasteiger partial charge in [0.2, 0.25) is 0 Å². The molecule has 1 fully saturated rings. The van der Waals surface area contributed by atoms with Gasteiger partial charge in [0, 0.05) is 12.8 Å². The first-order chi connectivity index (χ1) is 11.0. The highest BCUT2D eigenvalue weighted by molar-refractivity contribution is 6.12. The number of fused-ring (bicyclic) bond motifs is 1. The molecular formula is C20H24O3. The lowest BCUT2D eigenvalue weighted by Gasteiger charge is -2.24. The molecule has 2 aliphatic carbocycles. The average molecular weight is 312 g/mol. The minimum Gasteiger partial charge on any atom is -0.496 e. The van der Waals surface area contributed by atoms with Crippen LogP contribution in [0.4, 0.5) is 0 Å². The quantitative estimate of drug-likeness (QED) is 0.791. The second kappa shape index (κ2) is 5.95. The molecule has 0 atom stereocenters. The van der Waals surface area contributed by atoms with E-state index in [1.54, 1.807) is 7.11 Å². The lowest BCUT2D eigenvalue weighted by molar-refractivity contribution is -0.133. The van der Waals surface area contributed by atoms with Crippen LogP contribution < -0.4 is 4.74 Å². The monoisotopic (exact) mass is 312 g/mol. The van der Waals surface area contributed by atoms with Crippen molar-refractivity contribution < 1.29 is 14.3 Å². The molecule has 122 valence electrons. The van der Waals surface area contributed by atoms with Crippen LogP contribution in [0.25, 0.3) is 5.57 Å². The molecule has 3 nitrogen and oxygen atoms in total. The Morgan fingerprint density at radius 1 is 1.13 bits per heavy atom. The number of Topliss-reactive ketones (excluding diaryl/α,β-unsaturated/α-hetero) is 2. The zero-order valence-corrected chi connectivity index (χ0v) is 14.2.